The fraction of sp³-hybridized carbons (Fsp3) is 0.0625. The second-order valence-corrected chi connectivity index (χ2v) is 4.63. The SMILES string of the molecule is N#CC1=C(N)Oc2ccc(N)cc2C1c1ccccc1. The highest BCUT2D eigenvalue weighted by Gasteiger charge is 2.30. The Bertz CT molecular complexity index is 729. The Hall–Kier alpha value is -2.93. The van der Waals surface area contributed by atoms with Crippen LogP contribution in [0.2, 0.25) is 0 Å². The van der Waals surface area contributed by atoms with Gasteiger partial charge in [-0.25, -0.2) is 0 Å². The first-order chi connectivity index (χ1) is 9.70. The standard InChI is InChI=1S/C16H13N3O/c17-9-13-15(10-4-2-1-3-5-10)12-8-11(18)6-7-14(12)20-16(13)19/h1-8,15H,18-19H2. The van der Waals surface area contributed by atoms with Crippen molar-refractivity contribution >= 4 is 5.69 Å². The molecule has 0 saturated heterocycles. The quantitative estimate of drug-likeness (QED) is 0.774. The molecule has 2 aromatic carbocycles. The first-order valence-electron chi connectivity index (χ1n) is 6.22. The number of hydrogen-bond acceptors (Lipinski definition) is 4. The van der Waals surface area contributed by atoms with Crippen molar-refractivity contribution in [1.29, 1.82) is 5.26 Å². The molecular weight excluding hydrogens is 250 g/mol. The highest BCUT2D eigenvalue weighted by Crippen LogP contribution is 2.42. The van der Waals surface area contributed by atoms with E-state index in [9.17, 15) is 5.26 Å². The lowest BCUT2D eigenvalue weighted by atomic mass is 9.83. The van der Waals surface area contributed by atoms with Crippen LogP contribution in [0.15, 0.2) is 60.0 Å². The summed E-state index contributed by atoms with van der Waals surface area (Å²) in [5.41, 5.74) is 14.6. The van der Waals surface area contributed by atoms with E-state index in [0.717, 1.165) is 11.1 Å². The molecule has 4 N–H and O–H groups in total. The molecule has 0 aromatic heterocycles. The van der Waals surface area contributed by atoms with E-state index in [0.29, 0.717) is 17.0 Å². The van der Waals surface area contributed by atoms with Gasteiger partial charge in [-0.15, -0.1) is 0 Å². The van der Waals surface area contributed by atoms with Crippen LogP contribution >= 0.6 is 0 Å². The van der Waals surface area contributed by atoms with Gasteiger partial charge in [-0.2, -0.15) is 5.26 Å². The summed E-state index contributed by atoms with van der Waals surface area (Å²) < 4.78 is 5.52. The maximum Gasteiger partial charge on any atom is 0.205 e. The van der Waals surface area contributed by atoms with Crippen molar-refractivity contribution < 1.29 is 4.74 Å². The molecule has 1 aliphatic heterocycles. The molecule has 0 fully saturated rings. The molecule has 0 amide bonds. The van der Waals surface area contributed by atoms with Gasteiger partial charge in [0.05, 0.1) is 5.92 Å². The third kappa shape index (κ3) is 1.86. The van der Waals surface area contributed by atoms with Crippen molar-refractivity contribution in [2.75, 3.05) is 5.73 Å². The smallest absolute Gasteiger partial charge is 0.205 e. The number of anilines is 1. The molecule has 1 aliphatic rings. The Morgan fingerprint density at radius 3 is 2.50 bits per heavy atom. The molecule has 1 unspecified atom stereocenters. The molecule has 98 valence electrons. The minimum Gasteiger partial charge on any atom is -0.440 e. The first-order valence-corrected chi connectivity index (χ1v) is 6.22. The Morgan fingerprint density at radius 2 is 1.80 bits per heavy atom. The summed E-state index contributed by atoms with van der Waals surface area (Å²) >= 11 is 0. The largest absolute Gasteiger partial charge is 0.440 e. The third-order valence-electron chi connectivity index (χ3n) is 3.37. The number of nitrogens with two attached hydrogens (primary N) is 2. The molecule has 0 saturated carbocycles. The average Bonchev–Trinajstić information content (AvgIpc) is 2.47. The molecule has 4 nitrogen and oxygen atoms in total. The van der Waals surface area contributed by atoms with Crippen LogP contribution in [0, 0.1) is 11.3 Å². The van der Waals surface area contributed by atoms with Gasteiger partial charge < -0.3 is 16.2 Å². The molecule has 4 heteroatoms. The number of benzene rings is 2. The van der Waals surface area contributed by atoms with Gasteiger partial charge in [-0.05, 0) is 23.8 Å². The number of rotatable bonds is 1. The third-order valence-corrected chi connectivity index (χ3v) is 3.37. The molecule has 3 rings (SSSR count). The Morgan fingerprint density at radius 1 is 1.05 bits per heavy atom. The van der Waals surface area contributed by atoms with Gasteiger partial charge in [0.2, 0.25) is 5.88 Å². The summed E-state index contributed by atoms with van der Waals surface area (Å²) in [4.78, 5) is 0. The van der Waals surface area contributed by atoms with E-state index in [-0.39, 0.29) is 11.8 Å². The molecule has 0 radical (unpaired) electrons. The van der Waals surface area contributed by atoms with E-state index in [1.54, 1.807) is 12.1 Å². The molecule has 1 heterocycles. The van der Waals surface area contributed by atoms with Gasteiger partial charge in [0, 0.05) is 11.3 Å². The summed E-state index contributed by atoms with van der Waals surface area (Å²) in [6, 6.07) is 17.2. The first kappa shape index (κ1) is 12.1. The van der Waals surface area contributed by atoms with Crippen LogP contribution in [-0.2, 0) is 0 Å². The number of hydrogen-bond donors (Lipinski definition) is 2. The zero-order valence-corrected chi connectivity index (χ0v) is 10.7. The fourth-order valence-electron chi connectivity index (χ4n) is 2.47. The normalized spacial score (nSPS) is 17.1. The van der Waals surface area contributed by atoms with E-state index in [2.05, 4.69) is 6.07 Å². The summed E-state index contributed by atoms with van der Waals surface area (Å²) in [5, 5.41) is 9.39. The highest BCUT2D eigenvalue weighted by molar-refractivity contribution is 5.59. The highest BCUT2D eigenvalue weighted by atomic mass is 16.5. The minimum absolute atomic E-state index is 0.152. The van der Waals surface area contributed by atoms with Gasteiger partial charge in [-0.1, -0.05) is 30.3 Å². The molecule has 20 heavy (non-hydrogen) atoms. The van der Waals surface area contributed by atoms with Gasteiger partial charge in [0.1, 0.15) is 17.4 Å². The lowest BCUT2D eigenvalue weighted by Gasteiger charge is -2.26. The molecule has 0 aliphatic carbocycles. The average molecular weight is 263 g/mol. The van der Waals surface area contributed by atoms with Crippen molar-refractivity contribution in [2.45, 2.75) is 5.92 Å². The van der Waals surface area contributed by atoms with Crippen LogP contribution in [0.4, 0.5) is 5.69 Å². The lowest BCUT2D eigenvalue weighted by molar-refractivity contribution is 0.394. The molecule has 2 aromatic rings. The summed E-state index contributed by atoms with van der Waals surface area (Å²) in [5.74, 6) is 0.552. The zero-order valence-electron chi connectivity index (χ0n) is 10.7. The number of nitrogens with zero attached hydrogens (tertiary/aromatic N) is 1. The van der Waals surface area contributed by atoms with Crippen molar-refractivity contribution in [1.82, 2.24) is 0 Å². The van der Waals surface area contributed by atoms with E-state index in [1.165, 1.54) is 0 Å². The van der Waals surface area contributed by atoms with Crippen LogP contribution in [0.1, 0.15) is 17.0 Å². The zero-order chi connectivity index (χ0) is 14.1. The number of nitrogen functional groups attached to an aromatic ring is 1. The second-order valence-electron chi connectivity index (χ2n) is 4.63. The molecule has 0 spiro atoms. The number of ether oxygens (including phenoxy) is 1. The topological polar surface area (TPSA) is 85.1 Å². The Kier molecular flexibility index (Phi) is 2.81. The molecule has 1 atom stereocenters. The van der Waals surface area contributed by atoms with Crippen molar-refractivity contribution in [3.8, 4) is 11.8 Å². The van der Waals surface area contributed by atoms with Gasteiger partial charge in [-0.3, -0.25) is 0 Å². The molecular formula is C16H13N3O. The van der Waals surface area contributed by atoms with Crippen LogP contribution in [0.3, 0.4) is 0 Å². The van der Waals surface area contributed by atoms with Crippen molar-refractivity contribution in [3.05, 3.63) is 71.1 Å². The van der Waals surface area contributed by atoms with Crippen LogP contribution in [0.25, 0.3) is 0 Å². The number of fused-ring (bicyclic) bond motifs is 1. The van der Waals surface area contributed by atoms with E-state index in [4.69, 9.17) is 16.2 Å². The van der Waals surface area contributed by atoms with Crippen LogP contribution in [0.5, 0.6) is 5.75 Å². The minimum atomic E-state index is -0.242. The van der Waals surface area contributed by atoms with Crippen molar-refractivity contribution in [2.24, 2.45) is 5.73 Å². The Labute approximate surface area is 116 Å². The Balaban J connectivity index is 2.24. The summed E-state index contributed by atoms with van der Waals surface area (Å²) in [6.07, 6.45) is 0. The van der Waals surface area contributed by atoms with Crippen LogP contribution < -0.4 is 16.2 Å². The van der Waals surface area contributed by atoms with E-state index < -0.39 is 0 Å². The van der Waals surface area contributed by atoms with E-state index >= 15 is 0 Å². The van der Waals surface area contributed by atoms with Gasteiger partial charge >= 0.3 is 0 Å². The number of allylic oxidation sites excluding steroid dienone is 1. The van der Waals surface area contributed by atoms with Crippen LogP contribution in [-0.4, -0.2) is 0 Å². The number of nitriles is 1. The maximum absolute atomic E-state index is 9.39. The predicted molar refractivity (Wildman–Crippen MR) is 76.6 cm³/mol. The van der Waals surface area contributed by atoms with Crippen molar-refractivity contribution in [3.63, 3.8) is 0 Å². The van der Waals surface area contributed by atoms with E-state index in [1.807, 2.05) is 36.4 Å². The van der Waals surface area contributed by atoms with Gasteiger partial charge in [0.25, 0.3) is 0 Å². The molecule has 0 bridgehead atoms. The maximum atomic E-state index is 9.39. The predicted octanol–water partition coefficient (Wildman–Crippen LogP) is 2.49. The monoisotopic (exact) mass is 263 g/mol. The summed E-state index contributed by atoms with van der Waals surface area (Å²) in [6.45, 7) is 0. The second kappa shape index (κ2) is 4.63. The fourth-order valence-corrected chi connectivity index (χ4v) is 2.47. The van der Waals surface area contributed by atoms with Gasteiger partial charge in [0.15, 0.2) is 0 Å². The lowest BCUT2D eigenvalue weighted by Crippen LogP contribution is -2.21. The summed E-state index contributed by atoms with van der Waals surface area (Å²) in [7, 11) is 0.